The van der Waals surface area contributed by atoms with Gasteiger partial charge in [0.15, 0.2) is 18.2 Å². The number of halogens is 1. The van der Waals surface area contributed by atoms with Gasteiger partial charge < -0.3 is 14.5 Å². The van der Waals surface area contributed by atoms with Crippen molar-refractivity contribution in [2.24, 2.45) is 0 Å². The standard InChI is InChI=1S/C23H23FN2O3S/c1-25(2)23(28)22-21(16-7-3-6-10-19(16)30-22)15-11-12-26(13-15)20(27)14-29-18-9-5-4-8-17(18)24/h3-10,15H,11-14H2,1-2H3. The number of carbonyl (C=O) groups excluding carboxylic acids is 2. The van der Waals surface area contributed by atoms with Gasteiger partial charge in [-0.15, -0.1) is 11.3 Å². The van der Waals surface area contributed by atoms with Gasteiger partial charge >= 0.3 is 0 Å². The number of rotatable bonds is 5. The predicted octanol–water partition coefficient (Wildman–Crippen LogP) is 4.14. The predicted molar refractivity (Wildman–Crippen MR) is 116 cm³/mol. The molecule has 5 nitrogen and oxygen atoms in total. The third-order valence-electron chi connectivity index (χ3n) is 5.37. The number of ether oxygens (including phenoxy) is 1. The molecule has 1 saturated heterocycles. The molecule has 0 radical (unpaired) electrons. The van der Waals surface area contributed by atoms with E-state index in [4.69, 9.17) is 4.74 Å². The highest BCUT2D eigenvalue weighted by atomic mass is 32.1. The monoisotopic (exact) mass is 426 g/mol. The largest absolute Gasteiger partial charge is 0.481 e. The molecule has 0 saturated carbocycles. The average molecular weight is 427 g/mol. The van der Waals surface area contributed by atoms with Crippen LogP contribution in [0.15, 0.2) is 48.5 Å². The molecule has 2 aromatic carbocycles. The first-order valence-electron chi connectivity index (χ1n) is 9.84. The van der Waals surface area contributed by atoms with E-state index < -0.39 is 5.82 Å². The summed E-state index contributed by atoms with van der Waals surface area (Å²) < 4.78 is 20.2. The van der Waals surface area contributed by atoms with E-state index in [2.05, 4.69) is 0 Å². The Morgan fingerprint density at radius 1 is 1.17 bits per heavy atom. The van der Waals surface area contributed by atoms with Crippen molar-refractivity contribution in [2.45, 2.75) is 12.3 Å². The maximum Gasteiger partial charge on any atom is 0.263 e. The molecule has 0 N–H and O–H groups in total. The van der Waals surface area contributed by atoms with Gasteiger partial charge in [-0.25, -0.2) is 4.39 Å². The summed E-state index contributed by atoms with van der Waals surface area (Å²) >= 11 is 1.50. The van der Waals surface area contributed by atoms with Gasteiger partial charge in [0, 0.05) is 37.8 Å². The Hall–Kier alpha value is -2.93. The molecule has 0 bridgehead atoms. The maximum absolute atomic E-state index is 13.7. The lowest BCUT2D eigenvalue weighted by atomic mass is 9.95. The summed E-state index contributed by atoms with van der Waals surface area (Å²) in [6, 6.07) is 14.1. The van der Waals surface area contributed by atoms with Crippen LogP contribution in [0.25, 0.3) is 10.1 Å². The zero-order chi connectivity index (χ0) is 21.3. The highest BCUT2D eigenvalue weighted by Gasteiger charge is 2.33. The highest BCUT2D eigenvalue weighted by Crippen LogP contribution is 2.40. The van der Waals surface area contributed by atoms with Crippen molar-refractivity contribution in [3.05, 3.63) is 64.8 Å². The lowest BCUT2D eigenvalue weighted by molar-refractivity contribution is -0.132. The van der Waals surface area contributed by atoms with Crippen molar-refractivity contribution in [1.82, 2.24) is 9.80 Å². The third kappa shape index (κ3) is 3.89. The number of fused-ring (bicyclic) bond motifs is 1. The van der Waals surface area contributed by atoms with Gasteiger partial charge in [0.25, 0.3) is 11.8 Å². The molecule has 1 aliphatic heterocycles. The number of hydrogen-bond acceptors (Lipinski definition) is 4. The minimum atomic E-state index is -0.485. The summed E-state index contributed by atoms with van der Waals surface area (Å²) in [5.74, 6) is -0.525. The molecule has 1 atom stereocenters. The normalized spacial score (nSPS) is 16.1. The number of likely N-dealkylation sites (tertiary alicyclic amines) is 1. The Balaban J connectivity index is 1.52. The molecule has 3 aromatic rings. The first-order valence-corrected chi connectivity index (χ1v) is 10.7. The van der Waals surface area contributed by atoms with Crippen molar-refractivity contribution in [1.29, 1.82) is 0 Å². The third-order valence-corrected chi connectivity index (χ3v) is 6.55. The van der Waals surface area contributed by atoms with Crippen molar-refractivity contribution in [3.8, 4) is 5.75 Å². The van der Waals surface area contributed by atoms with Gasteiger partial charge in [0.1, 0.15) is 0 Å². The summed E-state index contributed by atoms with van der Waals surface area (Å²) in [5, 5.41) is 1.08. The number of hydrogen-bond donors (Lipinski definition) is 0. The quantitative estimate of drug-likeness (QED) is 0.616. The fourth-order valence-electron chi connectivity index (χ4n) is 3.85. The number of carbonyl (C=O) groups is 2. The molecule has 1 unspecified atom stereocenters. The molecular formula is C23H23FN2O3S. The molecule has 7 heteroatoms. The average Bonchev–Trinajstić information content (AvgIpc) is 3.37. The summed E-state index contributed by atoms with van der Waals surface area (Å²) in [4.78, 5) is 29.5. The molecule has 2 amide bonds. The second-order valence-corrected chi connectivity index (χ2v) is 8.64. The number of nitrogens with zero attached hydrogens (tertiary/aromatic N) is 2. The minimum absolute atomic E-state index is 0.0149. The summed E-state index contributed by atoms with van der Waals surface area (Å²) in [6.45, 7) is 0.902. The van der Waals surface area contributed by atoms with E-state index in [-0.39, 0.29) is 30.1 Å². The highest BCUT2D eigenvalue weighted by molar-refractivity contribution is 7.21. The van der Waals surface area contributed by atoms with E-state index in [0.29, 0.717) is 13.1 Å². The smallest absolute Gasteiger partial charge is 0.263 e. The first-order chi connectivity index (χ1) is 14.5. The fourth-order valence-corrected chi connectivity index (χ4v) is 5.16. The SMILES string of the molecule is CN(C)C(=O)c1sc2ccccc2c1C1CCN(C(=O)COc2ccccc2F)C1. The lowest BCUT2D eigenvalue weighted by Crippen LogP contribution is -2.33. The topological polar surface area (TPSA) is 49.9 Å². The van der Waals surface area contributed by atoms with Crippen LogP contribution < -0.4 is 4.74 Å². The van der Waals surface area contributed by atoms with Crippen LogP contribution >= 0.6 is 11.3 Å². The molecule has 4 rings (SSSR count). The minimum Gasteiger partial charge on any atom is -0.481 e. The van der Waals surface area contributed by atoms with Crippen LogP contribution in [0.2, 0.25) is 0 Å². The van der Waals surface area contributed by atoms with Crippen LogP contribution in [0.5, 0.6) is 5.75 Å². The van der Waals surface area contributed by atoms with Crippen LogP contribution in [0, 0.1) is 5.82 Å². The van der Waals surface area contributed by atoms with Crippen molar-refractivity contribution in [3.63, 3.8) is 0 Å². The second-order valence-electron chi connectivity index (χ2n) is 7.59. The van der Waals surface area contributed by atoms with Crippen molar-refractivity contribution < 1.29 is 18.7 Å². The zero-order valence-electron chi connectivity index (χ0n) is 16.9. The molecule has 0 aliphatic carbocycles. The Labute approximate surface area is 178 Å². The Morgan fingerprint density at radius 2 is 1.90 bits per heavy atom. The van der Waals surface area contributed by atoms with E-state index in [1.54, 1.807) is 36.0 Å². The van der Waals surface area contributed by atoms with Crippen LogP contribution in [0.4, 0.5) is 4.39 Å². The van der Waals surface area contributed by atoms with Gasteiger partial charge in [-0.1, -0.05) is 30.3 Å². The molecule has 1 aromatic heterocycles. The van der Waals surface area contributed by atoms with E-state index in [1.165, 1.54) is 23.5 Å². The molecule has 30 heavy (non-hydrogen) atoms. The van der Waals surface area contributed by atoms with Gasteiger partial charge in [-0.2, -0.15) is 0 Å². The summed E-state index contributed by atoms with van der Waals surface area (Å²) in [5.41, 5.74) is 1.03. The Bertz CT molecular complexity index is 1090. The number of amides is 2. The molecule has 0 spiro atoms. The van der Waals surface area contributed by atoms with Gasteiger partial charge in [-0.3, -0.25) is 9.59 Å². The number of para-hydroxylation sites is 1. The number of thiophene rings is 1. The van der Waals surface area contributed by atoms with Gasteiger partial charge in [0.2, 0.25) is 0 Å². The van der Waals surface area contributed by atoms with Crippen LogP contribution in [-0.4, -0.2) is 55.4 Å². The first kappa shape index (κ1) is 20.3. The fraction of sp³-hybridized carbons (Fsp3) is 0.304. The Morgan fingerprint density at radius 3 is 2.67 bits per heavy atom. The van der Waals surface area contributed by atoms with E-state index in [1.807, 2.05) is 24.3 Å². The summed E-state index contributed by atoms with van der Waals surface area (Å²) in [6.07, 6.45) is 0.778. The maximum atomic E-state index is 13.7. The van der Waals surface area contributed by atoms with Gasteiger partial charge in [0.05, 0.1) is 4.88 Å². The van der Waals surface area contributed by atoms with E-state index in [0.717, 1.165) is 26.9 Å². The van der Waals surface area contributed by atoms with Crippen molar-refractivity contribution in [2.75, 3.05) is 33.8 Å². The van der Waals surface area contributed by atoms with Gasteiger partial charge in [-0.05, 0) is 35.6 Å². The molecule has 1 fully saturated rings. The van der Waals surface area contributed by atoms with E-state index >= 15 is 0 Å². The summed E-state index contributed by atoms with van der Waals surface area (Å²) in [7, 11) is 3.50. The lowest BCUT2D eigenvalue weighted by Gasteiger charge is -2.18. The van der Waals surface area contributed by atoms with Crippen LogP contribution in [0.1, 0.15) is 27.6 Å². The Kier molecular flexibility index (Phi) is 5.72. The molecule has 1 aliphatic rings. The molecule has 156 valence electrons. The molecule has 2 heterocycles. The number of benzene rings is 2. The zero-order valence-corrected chi connectivity index (χ0v) is 17.7. The van der Waals surface area contributed by atoms with E-state index in [9.17, 15) is 14.0 Å². The molecular weight excluding hydrogens is 403 g/mol. The second kappa shape index (κ2) is 8.44. The van der Waals surface area contributed by atoms with Crippen LogP contribution in [-0.2, 0) is 4.79 Å². The van der Waals surface area contributed by atoms with Crippen LogP contribution in [0.3, 0.4) is 0 Å². The van der Waals surface area contributed by atoms with Crippen molar-refractivity contribution >= 4 is 33.2 Å².